The maximum Gasteiger partial charge on any atom is 0.156 e. The van der Waals surface area contributed by atoms with E-state index in [0.717, 1.165) is 38.5 Å². The molecule has 4 aliphatic carbocycles. The summed E-state index contributed by atoms with van der Waals surface area (Å²) in [5.41, 5.74) is 7.26. The van der Waals surface area contributed by atoms with Crippen LogP contribution in [0.15, 0.2) is 47.1 Å². The SMILES string of the molecule is CC(=O)[C@H]1[C@H](CCc2ccc(N(C)C)cc2)C[C@H]2[C@@H]3CCC4=CC(=O)CCC4=C3CC[C@@]21C. The smallest absolute Gasteiger partial charge is 0.156 e. The van der Waals surface area contributed by atoms with Crippen LogP contribution in [-0.2, 0) is 16.0 Å². The fourth-order valence-electron chi connectivity index (χ4n) is 8.10. The number of allylic oxidation sites excluding steroid dienone is 4. The van der Waals surface area contributed by atoms with Crippen molar-refractivity contribution < 1.29 is 9.59 Å². The lowest BCUT2D eigenvalue weighted by atomic mass is 9.55. The van der Waals surface area contributed by atoms with E-state index in [1.54, 1.807) is 5.57 Å². The van der Waals surface area contributed by atoms with Crippen molar-refractivity contribution in [2.45, 2.75) is 71.6 Å². The van der Waals surface area contributed by atoms with Crippen LogP contribution in [0.3, 0.4) is 0 Å². The molecule has 33 heavy (non-hydrogen) atoms. The van der Waals surface area contributed by atoms with Crippen molar-refractivity contribution in [1.29, 1.82) is 0 Å². The van der Waals surface area contributed by atoms with Gasteiger partial charge < -0.3 is 4.90 Å². The van der Waals surface area contributed by atoms with Crippen molar-refractivity contribution in [1.82, 2.24) is 0 Å². The van der Waals surface area contributed by atoms with Gasteiger partial charge in [0, 0.05) is 32.1 Å². The molecule has 0 heterocycles. The summed E-state index contributed by atoms with van der Waals surface area (Å²) in [6, 6.07) is 8.91. The number of anilines is 1. The van der Waals surface area contributed by atoms with Gasteiger partial charge >= 0.3 is 0 Å². The Morgan fingerprint density at radius 2 is 1.85 bits per heavy atom. The summed E-state index contributed by atoms with van der Waals surface area (Å²) in [5, 5.41) is 0. The number of benzene rings is 1. The van der Waals surface area contributed by atoms with Gasteiger partial charge in [-0.25, -0.2) is 0 Å². The summed E-state index contributed by atoms with van der Waals surface area (Å²) in [6.45, 7) is 4.28. The van der Waals surface area contributed by atoms with E-state index in [2.05, 4.69) is 50.2 Å². The molecule has 0 N–H and O–H groups in total. The van der Waals surface area contributed by atoms with Crippen molar-refractivity contribution in [2.75, 3.05) is 19.0 Å². The highest BCUT2D eigenvalue weighted by Crippen LogP contribution is 2.64. The molecule has 176 valence electrons. The van der Waals surface area contributed by atoms with Crippen LogP contribution in [0.25, 0.3) is 0 Å². The number of ketones is 2. The van der Waals surface area contributed by atoms with Crippen molar-refractivity contribution in [3.63, 3.8) is 0 Å². The standard InChI is InChI=1S/C30H39NO2/c1-19(32)29-22(8-5-20-6-10-23(11-7-20)31(3)4)18-28-27-13-9-21-17-24(33)12-14-25(21)26(27)15-16-30(28,29)2/h6-7,10-11,17,22,27-29H,5,8-9,12-16,18H2,1-4H3/t22-,27-,28+,29+,30+/m1/s1. The molecule has 2 saturated carbocycles. The fourth-order valence-corrected chi connectivity index (χ4v) is 8.10. The number of fused-ring (bicyclic) bond motifs is 4. The monoisotopic (exact) mass is 445 g/mol. The topological polar surface area (TPSA) is 37.4 Å². The highest BCUT2D eigenvalue weighted by molar-refractivity contribution is 5.93. The molecule has 0 aromatic heterocycles. The predicted molar refractivity (Wildman–Crippen MR) is 134 cm³/mol. The zero-order valence-corrected chi connectivity index (χ0v) is 20.8. The highest BCUT2D eigenvalue weighted by Gasteiger charge is 2.58. The van der Waals surface area contributed by atoms with E-state index in [0.29, 0.717) is 35.7 Å². The molecule has 0 radical (unpaired) electrons. The van der Waals surface area contributed by atoms with Gasteiger partial charge in [-0.3, -0.25) is 9.59 Å². The summed E-state index contributed by atoms with van der Waals surface area (Å²) in [4.78, 5) is 27.1. The van der Waals surface area contributed by atoms with E-state index in [1.165, 1.54) is 35.2 Å². The number of Topliss-reactive ketones (excluding diaryl/α,β-unsaturated/α-hetero) is 1. The van der Waals surface area contributed by atoms with Crippen molar-refractivity contribution in [2.24, 2.45) is 29.1 Å². The van der Waals surface area contributed by atoms with E-state index in [-0.39, 0.29) is 11.3 Å². The molecule has 4 aliphatic rings. The van der Waals surface area contributed by atoms with Gasteiger partial charge in [0.2, 0.25) is 0 Å². The summed E-state index contributed by atoms with van der Waals surface area (Å²) < 4.78 is 0. The molecule has 0 bridgehead atoms. The third-order valence-corrected chi connectivity index (χ3v) is 9.60. The Bertz CT molecular complexity index is 1010. The van der Waals surface area contributed by atoms with Gasteiger partial charge in [0.1, 0.15) is 5.78 Å². The minimum Gasteiger partial charge on any atom is -0.378 e. The van der Waals surface area contributed by atoms with E-state index in [9.17, 15) is 9.59 Å². The zero-order valence-electron chi connectivity index (χ0n) is 20.8. The zero-order chi connectivity index (χ0) is 23.3. The van der Waals surface area contributed by atoms with Gasteiger partial charge in [0.15, 0.2) is 5.78 Å². The van der Waals surface area contributed by atoms with Gasteiger partial charge in [-0.2, -0.15) is 0 Å². The Balaban J connectivity index is 1.38. The number of carbonyl (C=O) groups excluding carboxylic acids is 2. The van der Waals surface area contributed by atoms with Crippen LogP contribution >= 0.6 is 0 Å². The molecule has 5 atom stereocenters. The fraction of sp³-hybridized carbons (Fsp3) is 0.600. The Morgan fingerprint density at radius 3 is 2.55 bits per heavy atom. The van der Waals surface area contributed by atoms with E-state index < -0.39 is 0 Å². The van der Waals surface area contributed by atoms with Crippen LogP contribution in [0.5, 0.6) is 0 Å². The second-order valence-corrected chi connectivity index (χ2v) is 11.6. The van der Waals surface area contributed by atoms with Crippen LogP contribution in [0, 0.1) is 29.1 Å². The van der Waals surface area contributed by atoms with Crippen molar-refractivity contribution >= 4 is 17.3 Å². The number of hydrogen-bond donors (Lipinski definition) is 0. The predicted octanol–water partition coefficient (Wildman–Crippen LogP) is 6.32. The molecule has 0 amide bonds. The van der Waals surface area contributed by atoms with Crippen LogP contribution in [0.2, 0.25) is 0 Å². The first kappa shape index (κ1) is 22.6. The number of carbonyl (C=O) groups is 2. The first-order chi connectivity index (χ1) is 15.8. The Labute approximate surface area is 199 Å². The van der Waals surface area contributed by atoms with Gasteiger partial charge in [0.25, 0.3) is 0 Å². The van der Waals surface area contributed by atoms with Gasteiger partial charge in [-0.05, 0) is 116 Å². The second kappa shape index (κ2) is 8.56. The molecular weight excluding hydrogens is 406 g/mol. The lowest BCUT2D eigenvalue weighted by Crippen LogP contribution is -2.42. The maximum atomic E-state index is 13.0. The van der Waals surface area contributed by atoms with Gasteiger partial charge in [0.05, 0.1) is 0 Å². The lowest BCUT2D eigenvalue weighted by Gasteiger charge is -2.49. The quantitative estimate of drug-likeness (QED) is 0.532. The van der Waals surface area contributed by atoms with E-state index in [1.807, 2.05) is 13.0 Å². The Kier molecular flexibility index (Phi) is 5.87. The van der Waals surface area contributed by atoms with Crippen LogP contribution < -0.4 is 4.90 Å². The van der Waals surface area contributed by atoms with Gasteiger partial charge in [-0.1, -0.05) is 24.6 Å². The summed E-state index contributed by atoms with van der Waals surface area (Å²) in [5.74, 6) is 2.63. The number of nitrogens with zero attached hydrogens (tertiary/aromatic N) is 1. The van der Waals surface area contributed by atoms with E-state index in [4.69, 9.17) is 0 Å². The molecule has 0 saturated heterocycles. The number of hydrogen-bond acceptors (Lipinski definition) is 3. The minimum absolute atomic E-state index is 0.131. The molecule has 3 heteroatoms. The molecule has 0 unspecified atom stereocenters. The third-order valence-electron chi connectivity index (χ3n) is 9.60. The number of rotatable bonds is 5. The molecule has 0 spiro atoms. The molecular formula is C30H39NO2. The molecule has 2 fully saturated rings. The van der Waals surface area contributed by atoms with Gasteiger partial charge in [-0.15, -0.1) is 0 Å². The Morgan fingerprint density at radius 1 is 1.09 bits per heavy atom. The maximum absolute atomic E-state index is 13.0. The average Bonchev–Trinajstić information content (AvgIpc) is 3.10. The average molecular weight is 446 g/mol. The highest BCUT2D eigenvalue weighted by atomic mass is 16.1. The van der Waals surface area contributed by atoms with Crippen LogP contribution in [-0.4, -0.2) is 25.7 Å². The molecule has 1 aromatic rings. The summed E-state index contributed by atoms with van der Waals surface area (Å²) in [7, 11) is 4.15. The second-order valence-electron chi connectivity index (χ2n) is 11.6. The largest absolute Gasteiger partial charge is 0.378 e. The molecule has 1 aromatic carbocycles. The lowest BCUT2D eigenvalue weighted by molar-refractivity contribution is -0.126. The van der Waals surface area contributed by atoms with Crippen LogP contribution in [0.4, 0.5) is 5.69 Å². The minimum atomic E-state index is 0.131. The summed E-state index contributed by atoms with van der Waals surface area (Å²) in [6.07, 6.45) is 11.4. The number of aryl methyl sites for hydroxylation is 1. The van der Waals surface area contributed by atoms with E-state index >= 15 is 0 Å². The molecule has 3 nitrogen and oxygen atoms in total. The Hall–Kier alpha value is -2.16. The molecule has 0 aliphatic heterocycles. The molecule has 5 rings (SSSR count). The van der Waals surface area contributed by atoms with Crippen molar-refractivity contribution in [3.8, 4) is 0 Å². The normalized spacial score (nSPS) is 33.2. The summed E-state index contributed by atoms with van der Waals surface area (Å²) >= 11 is 0. The third kappa shape index (κ3) is 3.92. The van der Waals surface area contributed by atoms with Crippen molar-refractivity contribution in [3.05, 3.63) is 52.6 Å². The van der Waals surface area contributed by atoms with Crippen LogP contribution in [0.1, 0.15) is 70.8 Å². The first-order valence-corrected chi connectivity index (χ1v) is 13.0. The first-order valence-electron chi connectivity index (χ1n) is 13.0.